The van der Waals surface area contributed by atoms with E-state index < -0.39 is 0 Å². The van der Waals surface area contributed by atoms with Gasteiger partial charge in [-0.25, -0.2) is 0 Å². The highest BCUT2D eigenvalue weighted by Crippen LogP contribution is 2.41. The van der Waals surface area contributed by atoms with E-state index in [4.69, 9.17) is 0 Å². The number of likely N-dealkylation sites (tertiary alicyclic amines) is 1. The molecule has 3 rings (SSSR count). The molecule has 2 atom stereocenters. The fourth-order valence-corrected chi connectivity index (χ4v) is 3.62. The van der Waals surface area contributed by atoms with Crippen LogP contribution in [0.25, 0.3) is 0 Å². The fourth-order valence-electron chi connectivity index (χ4n) is 3.62. The lowest BCUT2D eigenvalue weighted by Crippen LogP contribution is -2.41. The van der Waals surface area contributed by atoms with Gasteiger partial charge >= 0.3 is 0 Å². The second kappa shape index (κ2) is 4.66. The van der Waals surface area contributed by atoms with Crippen LogP contribution in [-0.2, 0) is 6.42 Å². The Morgan fingerprint density at radius 2 is 2.18 bits per heavy atom. The number of aryl methyl sites for hydroxylation is 1. The standard InChI is InChI=1S/C16H21N/c1-2-10-17-11-9-16-14(12-17)8-7-13-5-3-4-6-15(13)16/h2-6,14,16H,1,7-12H2/t14-,16-/m0/s1. The van der Waals surface area contributed by atoms with Crippen molar-refractivity contribution < 1.29 is 0 Å². The Morgan fingerprint density at radius 1 is 1.29 bits per heavy atom. The minimum atomic E-state index is 0.820. The van der Waals surface area contributed by atoms with Gasteiger partial charge in [0, 0.05) is 13.1 Å². The number of piperidine rings is 1. The summed E-state index contributed by atoms with van der Waals surface area (Å²) in [6.07, 6.45) is 6.02. The van der Waals surface area contributed by atoms with Gasteiger partial charge in [-0.2, -0.15) is 0 Å². The van der Waals surface area contributed by atoms with Crippen LogP contribution in [0.15, 0.2) is 36.9 Å². The van der Waals surface area contributed by atoms with Gasteiger partial charge in [0.1, 0.15) is 0 Å². The fraction of sp³-hybridized carbons (Fsp3) is 0.500. The maximum atomic E-state index is 3.85. The minimum absolute atomic E-state index is 0.820. The van der Waals surface area contributed by atoms with Gasteiger partial charge in [-0.05, 0) is 48.8 Å². The van der Waals surface area contributed by atoms with E-state index in [0.717, 1.165) is 18.4 Å². The lowest BCUT2D eigenvalue weighted by Gasteiger charge is -2.42. The summed E-state index contributed by atoms with van der Waals surface area (Å²) in [7, 11) is 0. The molecule has 1 aliphatic carbocycles. The van der Waals surface area contributed by atoms with Crippen molar-refractivity contribution >= 4 is 0 Å². The predicted octanol–water partition coefficient (Wildman–Crippen LogP) is 3.22. The SMILES string of the molecule is C=CCN1CC[C@@H]2c3ccccc3CC[C@H]2C1. The van der Waals surface area contributed by atoms with E-state index in [1.54, 1.807) is 11.1 Å². The molecular formula is C16H21N. The average Bonchev–Trinajstić information content (AvgIpc) is 2.39. The van der Waals surface area contributed by atoms with E-state index >= 15 is 0 Å². The molecule has 0 amide bonds. The smallest absolute Gasteiger partial charge is 0.0160 e. The monoisotopic (exact) mass is 227 g/mol. The topological polar surface area (TPSA) is 3.24 Å². The third-order valence-electron chi connectivity index (χ3n) is 4.44. The minimum Gasteiger partial charge on any atom is -0.299 e. The summed E-state index contributed by atoms with van der Waals surface area (Å²) in [6.45, 7) is 7.42. The zero-order chi connectivity index (χ0) is 11.7. The first kappa shape index (κ1) is 11.0. The highest BCUT2D eigenvalue weighted by molar-refractivity contribution is 5.34. The number of benzene rings is 1. The van der Waals surface area contributed by atoms with E-state index in [2.05, 4.69) is 35.7 Å². The largest absolute Gasteiger partial charge is 0.299 e. The highest BCUT2D eigenvalue weighted by Gasteiger charge is 2.33. The van der Waals surface area contributed by atoms with Crippen molar-refractivity contribution in [3.63, 3.8) is 0 Å². The molecule has 2 aliphatic rings. The molecule has 1 saturated heterocycles. The predicted molar refractivity (Wildman–Crippen MR) is 72.2 cm³/mol. The first-order valence-corrected chi connectivity index (χ1v) is 6.79. The molecule has 90 valence electrons. The summed E-state index contributed by atoms with van der Waals surface area (Å²) in [5, 5.41) is 0. The van der Waals surface area contributed by atoms with E-state index in [1.165, 1.54) is 32.4 Å². The van der Waals surface area contributed by atoms with Crippen LogP contribution in [0, 0.1) is 5.92 Å². The first-order valence-electron chi connectivity index (χ1n) is 6.79. The molecule has 1 aromatic rings. The molecule has 0 unspecified atom stereocenters. The van der Waals surface area contributed by atoms with Crippen LogP contribution in [0.2, 0.25) is 0 Å². The first-order chi connectivity index (χ1) is 8.38. The van der Waals surface area contributed by atoms with Gasteiger partial charge in [0.25, 0.3) is 0 Å². The van der Waals surface area contributed by atoms with Crippen LogP contribution in [0.1, 0.15) is 29.9 Å². The third kappa shape index (κ3) is 2.04. The molecule has 1 nitrogen and oxygen atoms in total. The van der Waals surface area contributed by atoms with Crippen molar-refractivity contribution in [3.8, 4) is 0 Å². The van der Waals surface area contributed by atoms with Crippen molar-refractivity contribution in [2.45, 2.75) is 25.2 Å². The van der Waals surface area contributed by atoms with E-state index in [1.807, 2.05) is 6.08 Å². The molecule has 0 saturated carbocycles. The molecule has 1 heterocycles. The molecular weight excluding hydrogens is 206 g/mol. The Morgan fingerprint density at radius 3 is 3.06 bits per heavy atom. The summed E-state index contributed by atoms with van der Waals surface area (Å²) in [5.74, 6) is 1.69. The second-order valence-corrected chi connectivity index (χ2v) is 5.44. The quantitative estimate of drug-likeness (QED) is 0.701. The van der Waals surface area contributed by atoms with Gasteiger partial charge in [-0.3, -0.25) is 4.90 Å². The molecule has 1 aliphatic heterocycles. The highest BCUT2D eigenvalue weighted by atomic mass is 15.1. The molecule has 1 heteroatoms. The summed E-state index contributed by atoms with van der Waals surface area (Å²) in [5.41, 5.74) is 3.24. The van der Waals surface area contributed by atoms with Crippen LogP contribution >= 0.6 is 0 Å². The number of nitrogens with zero attached hydrogens (tertiary/aromatic N) is 1. The Kier molecular flexibility index (Phi) is 3.02. The maximum Gasteiger partial charge on any atom is 0.0160 e. The molecule has 1 fully saturated rings. The number of hydrogen-bond acceptors (Lipinski definition) is 1. The summed E-state index contributed by atoms with van der Waals surface area (Å²) in [4.78, 5) is 2.56. The Balaban J connectivity index is 1.80. The third-order valence-corrected chi connectivity index (χ3v) is 4.44. The molecule has 0 N–H and O–H groups in total. The molecule has 0 bridgehead atoms. The van der Waals surface area contributed by atoms with E-state index in [0.29, 0.717) is 0 Å². The van der Waals surface area contributed by atoms with Gasteiger partial charge in [-0.1, -0.05) is 30.3 Å². The van der Waals surface area contributed by atoms with Gasteiger partial charge in [-0.15, -0.1) is 6.58 Å². The average molecular weight is 227 g/mol. The lowest BCUT2D eigenvalue weighted by atomic mass is 9.71. The normalized spacial score (nSPS) is 28.2. The number of rotatable bonds is 2. The summed E-state index contributed by atoms with van der Waals surface area (Å²) < 4.78 is 0. The number of hydrogen-bond donors (Lipinski definition) is 0. The second-order valence-electron chi connectivity index (χ2n) is 5.44. The van der Waals surface area contributed by atoms with Crippen molar-refractivity contribution in [1.29, 1.82) is 0 Å². The number of fused-ring (bicyclic) bond motifs is 3. The maximum absolute atomic E-state index is 3.85. The van der Waals surface area contributed by atoms with Gasteiger partial charge in [0.15, 0.2) is 0 Å². The summed E-state index contributed by atoms with van der Waals surface area (Å²) in [6, 6.07) is 9.07. The summed E-state index contributed by atoms with van der Waals surface area (Å²) >= 11 is 0. The van der Waals surface area contributed by atoms with Crippen LogP contribution in [-0.4, -0.2) is 24.5 Å². The van der Waals surface area contributed by atoms with Crippen molar-refractivity contribution in [3.05, 3.63) is 48.0 Å². The van der Waals surface area contributed by atoms with Crippen molar-refractivity contribution in [1.82, 2.24) is 4.90 Å². The van der Waals surface area contributed by atoms with Crippen LogP contribution in [0.3, 0.4) is 0 Å². The van der Waals surface area contributed by atoms with E-state index in [-0.39, 0.29) is 0 Å². The van der Waals surface area contributed by atoms with Crippen molar-refractivity contribution in [2.75, 3.05) is 19.6 Å². The van der Waals surface area contributed by atoms with Gasteiger partial charge < -0.3 is 0 Å². The van der Waals surface area contributed by atoms with E-state index in [9.17, 15) is 0 Å². The Hall–Kier alpha value is -1.08. The van der Waals surface area contributed by atoms with Crippen LogP contribution < -0.4 is 0 Å². The van der Waals surface area contributed by atoms with Crippen LogP contribution in [0.4, 0.5) is 0 Å². The molecule has 0 spiro atoms. The Bertz CT molecular complexity index is 410. The van der Waals surface area contributed by atoms with Crippen LogP contribution in [0.5, 0.6) is 0 Å². The van der Waals surface area contributed by atoms with Gasteiger partial charge in [0.2, 0.25) is 0 Å². The molecule has 0 aromatic heterocycles. The Labute approximate surface area is 104 Å². The molecule has 1 aromatic carbocycles. The molecule has 0 radical (unpaired) electrons. The molecule has 17 heavy (non-hydrogen) atoms. The van der Waals surface area contributed by atoms with Gasteiger partial charge in [0.05, 0.1) is 0 Å². The zero-order valence-electron chi connectivity index (χ0n) is 10.4. The zero-order valence-corrected chi connectivity index (χ0v) is 10.4. The lowest BCUT2D eigenvalue weighted by molar-refractivity contribution is 0.154. The van der Waals surface area contributed by atoms with Crippen molar-refractivity contribution in [2.24, 2.45) is 5.92 Å².